The molecule has 1 heterocycles. The van der Waals surface area contributed by atoms with Crippen LogP contribution in [0.25, 0.3) is 0 Å². The van der Waals surface area contributed by atoms with Crippen molar-refractivity contribution < 1.29 is 19.4 Å². The van der Waals surface area contributed by atoms with Gasteiger partial charge in [0.1, 0.15) is 5.78 Å². The number of carbonyl (C=O) groups excluding carboxylic acids is 1. The Bertz CT molecular complexity index is 678. The predicted molar refractivity (Wildman–Crippen MR) is 102 cm³/mol. The fourth-order valence-corrected chi connectivity index (χ4v) is 8.15. The minimum absolute atomic E-state index is 0.0261. The molecule has 5 aliphatic rings. The fraction of sp³-hybridized carbons (Fsp3) is 0.870. The molecule has 1 saturated heterocycles. The lowest BCUT2D eigenvalue weighted by Gasteiger charge is -2.60. The van der Waals surface area contributed by atoms with E-state index in [1.54, 1.807) is 6.92 Å². The van der Waals surface area contributed by atoms with Crippen LogP contribution in [-0.4, -0.2) is 36.0 Å². The van der Waals surface area contributed by atoms with Crippen LogP contribution in [0.3, 0.4) is 0 Å². The second kappa shape index (κ2) is 5.90. The van der Waals surface area contributed by atoms with Crippen LogP contribution < -0.4 is 0 Å². The summed E-state index contributed by atoms with van der Waals surface area (Å²) in [7, 11) is 0. The minimum Gasteiger partial charge on any atom is -0.393 e. The van der Waals surface area contributed by atoms with Gasteiger partial charge in [-0.1, -0.05) is 25.5 Å². The number of aliphatic hydroxyl groups is 1. The van der Waals surface area contributed by atoms with E-state index in [4.69, 9.17) is 9.47 Å². The smallest absolute Gasteiger partial charge is 0.172 e. The van der Waals surface area contributed by atoms with Crippen LogP contribution in [0, 0.1) is 34.5 Å². The van der Waals surface area contributed by atoms with Crippen LogP contribution in [0.5, 0.6) is 0 Å². The summed E-state index contributed by atoms with van der Waals surface area (Å²) in [6, 6.07) is 0. The Hall–Kier alpha value is -0.710. The largest absolute Gasteiger partial charge is 0.393 e. The Kier molecular flexibility index (Phi) is 4.00. The number of allylic oxidation sites excluding steroid dienone is 1. The summed E-state index contributed by atoms with van der Waals surface area (Å²) >= 11 is 0. The molecular formula is C23H34O4. The Morgan fingerprint density at radius 1 is 1.19 bits per heavy atom. The SMILES string of the molecule is CC(=O)C1CCC2C3CC=C4CC5(CC[C@]4(C)C3[C@H](O)C[C@]12C)OCCO5. The number of aliphatic hydroxyl groups excluding tert-OH is 1. The Labute approximate surface area is 162 Å². The molecule has 150 valence electrons. The highest BCUT2D eigenvalue weighted by molar-refractivity contribution is 5.79. The lowest BCUT2D eigenvalue weighted by Crippen LogP contribution is -2.57. The number of hydrogen-bond acceptors (Lipinski definition) is 4. The quantitative estimate of drug-likeness (QED) is 0.708. The second-order valence-corrected chi connectivity index (χ2v) is 10.5. The molecule has 1 aliphatic heterocycles. The van der Waals surface area contributed by atoms with Gasteiger partial charge in [0.2, 0.25) is 0 Å². The highest BCUT2D eigenvalue weighted by Gasteiger charge is 2.63. The third kappa shape index (κ3) is 2.42. The van der Waals surface area contributed by atoms with E-state index < -0.39 is 5.79 Å². The standard InChI is InChI=1S/C23H34O4/c1-14(24)17-6-7-18-16-5-4-15-12-23(26-10-11-27-23)9-8-21(15,2)20(16)19(25)13-22(17,18)3/h4,16-20,25H,5-13H2,1-3H3/t16?,17?,18?,19-,20?,21+,22-/m1/s1. The van der Waals surface area contributed by atoms with E-state index in [0.29, 0.717) is 36.8 Å². The first-order valence-corrected chi connectivity index (χ1v) is 11.0. The monoisotopic (exact) mass is 374 g/mol. The summed E-state index contributed by atoms with van der Waals surface area (Å²) < 4.78 is 12.0. The Morgan fingerprint density at radius 3 is 2.63 bits per heavy atom. The van der Waals surface area contributed by atoms with Crippen molar-refractivity contribution in [2.45, 2.75) is 77.6 Å². The molecule has 0 radical (unpaired) electrons. The number of rotatable bonds is 1. The highest BCUT2D eigenvalue weighted by atomic mass is 16.7. The summed E-state index contributed by atoms with van der Waals surface area (Å²) in [6.07, 6.45) is 8.91. The van der Waals surface area contributed by atoms with Crippen LogP contribution in [0.15, 0.2) is 11.6 Å². The molecule has 1 N–H and O–H groups in total. The first kappa shape index (κ1) is 18.3. The van der Waals surface area contributed by atoms with Crippen molar-refractivity contribution in [2.75, 3.05) is 13.2 Å². The molecule has 4 unspecified atom stereocenters. The van der Waals surface area contributed by atoms with Gasteiger partial charge in [0.25, 0.3) is 0 Å². The highest BCUT2D eigenvalue weighted by Crippen LogP contribution is 2.67. The molecule has 1 spiro atoms. The van der Waals surface area contributed by atoms with Gasteiger partial charge in [-0.3, -0.25) is 4.79 Å². The zero-order valence-electron chi connectivity index (χ0n) is 17.0. The van der Waals surface area contributed by atoms with E-state index in [0.717, 1.165) is 44.9 Å². The van der Waals surface area contributed by atoms with E-state index in [1.165, 1.54) is 5.57 Å². The lowest BCUT2D eigenvalue weighted by atomic mass is 9.46. The van der Waals surface area contributed by atoms with Gasteiger partial charge in [-0.15, -0.1) is 0 Å². The first-order chi connectivity index (χ1) is 12.8. The summed E-state index contributed by atoms with van der Waals surface area (Å²) in [5.41, 5.74) is 1.46. The van der Waals surface area contributed by atoms with Gasteiger partial charge in [0, 0.05) is 18.8 Å². The topological polar surface area (TPSA) is 55.8 Å². The van der Waals surface area contributed by atoms with Crippen molar-refractivity contribution in [3.63, 3.8) is 0 Å². The number of Topliss-reactive ketones (excluding diaryl/α,β-unsaturated/α-hetero) is 1. The summed E-state index contributed by atoms with van der Waals surface area (Å²) in [5, 5.41) is 11.4. The Balaban J connectivity index is 1.49. The summed E-state index contributed by atoms with van der Waals surface area (Å²) in [6.45, 7) is 7.81. The lowest BCUT2D eigenvalue weighted by molar-refractivity contribution is -0.194. The van der Waals surface area contributed by atoms with Crippen molar-refractivity contribution >= 4 is 5.78 Å². The van der Waals surface area contributed by atoms with Gasteiger partial charge in [0.15, 0.2) is 5.79 Å². The van der Waals surface area contributed by atoms with Crippen molar-refractivity contribution in [2.24, 2.45) is 34.5 Å². The van der Waals surface area contributed by atoms with Crippen LogP contribution in [0.2, 0.25) is 0 Å². The molecule has 0 aromatic rings. The maximum Gasteiger partial charge on any atom is 0.172 e. The maximum absolute atomic E-state index is 12.3. The summed E-state index contributed by atoms with van der Waals surface area (Å²) in [5.74, 6) is 1.41. The van der Waals surface area contributed by atoms with Gasteiger partial charge in [-0.05, 0) is 67.6 Å². The van der Waals surface area contributed by atoms with E-state index in [1.807, 2.05) is 0 Å². The molecule has 4 fully saturated rings. The molecule has 0 amide bonds. The molecule has 5 rings (SSSR count). The molecule has 7 atom stereocenters. The van der Waals surface area contributed by atoms with E-state index >= 15 is 0 Å². The Morgan fingerprint density at radius 2 is 1.93 bits per heavy atom. The van der Waals surface area contributed by atoms with Crippen LogP contribution in [0.4, 0.5) is 0 Å². The van der Waals surface area contributed by atoms with Crippen molar-refractivity contribution in [1.82, 2.24) is 0 Å². The molecule has 4 heteroatoms. The molecular weight excluding hydrogens is 340 g/mol. The van der Waals surface area contributed by atoms with E-state index in [2.05, 4.69) is 19.9 Å². The molecule has 27 heavy (non-hydrogen) atoms. The number of fused-ring (bicyclic) bond motifs is 5. The number of ether oxygens (including phenoxy) is 2. The van der Waals surface area contributed by atoms with Crippen LogP contribution in [0.1, 0.15) is 65.7 Å². The third-order valence-corrected chi connectivity index (χ3v) is 9.35. The molecule has 0 bridgehead atoms. The van der Waals surface area contributed by atoms with Crippen LogP contribution in [-0.2, 0) is 14.3 Å². The van der Waals surface area contributed by atoms with Gasteiger partial charge in [0.05, 0.1) is 19.3 Å². The number of ketones is 1. The molecule has 4 nitrogen and oxygen atoms in total. The number of hydrogen-bond donors (Lipinski definition) is 1. The zero-order valence-corrected chi connectivity index (χ0v) is 17.0. The maximum atomic E-state index is 12.3. The zero-order chi connectivity index (χ0) is 19.0. The van der Waals surface area contributed by atoms with Crippen molar-refractivity contribution in [3.8, 4) is 0 Å². The van der Waals surface area contributed by atoms with E-state index in [9.17, 15) is 9.90 Å². The van der Waals surface area contributed by atoms with Gasteiger partial charge in [-0.25, -0.2) is 0 Å². The van der Waals surface area contributed by atoms with Crippen LogP contribution >= 0.6 is 0 Å². The average Bonchev–Trinajstić information content (AvgIpc) is 3.19. The van der Waals surface area contributed by atoms with Gasteiger partial charge < -0.3 is 14.6 Å². The first-order valence-electron chi connectivity index (χ1n) is 11.0. The molecule has 0 aromatic heterocycles. The normalized spacial score (nSPS) is 50.7. The van der Waals surface area contributed by atoms with Crippen molar-refractivity contribution in [1.29, 1.82) is 0 Å². The van der Waals surface area contributed by atoms with Crippen molar-refractivity contribution in [3.05, 3.63) is 11.6 Å². The number of carbonyl (C=O) groups is 1. The fourth-order valence-electron chi connectivity index (χ4n) is 8.15. The van der Waals surface area contributed by atoms with Gasteiger partial charge >= 0.3 is 0 Å². The molecule has 3 saturated carbocycles. The average molecular weight is 375 g/mol. The minimum atomic E-state index is -0.403. The second-order valence-electron chi connectivity index (χ2n) is 10.5. The third-order valence-electron chi connectivity index (χ3n) is 9.35. The molecule has 4 aliphatic carbocycles. The predicted octanol–water partition coefficient (Wildman–Crippen LogP) is 3.87. The van der Waals surface area contributed by atoms with Gasteiger partial charge in [-0.2, -0.15) is 0 Å². The molecule has 0 aromatic carbocycles. The van der Waals surface area contributed by atoms with E-state index in [-0.39, 0.29) is 22.9 Å². The summed E-state index contributed by atoms with van der Waals surface area (Å²) in [4.78, 5) is 12.3.